The number of primary amides is 1. The van der Waals surface area contributed by atoms with Gasteiger partial charge in [-0.15, -0.1) is 0 Å². The smallest absolute Gasteiger partial charge is 0.254 e. The topological polar surface area (TPSA) is 75.4 Å². The van der Waals surface area contributed by atoms with Gasteiger partial charge < -0.3 is 16.0 Å². The van der Waals surface area contributed by atoms with Crippen LogP contribution in [0.25, 0.3) is 0 Å². The molecule has 34 heavy (non-hydrogen) atoms. The van der Waals surface area contributed by atoms with Crippen LogP contribution in [0.5, 0.6) is 0 Å². The number of allylic oxidation sites excluding steroid dienone is 4. The lowest BCUT2D eigenvalue weighted by atomic mass is 9.86. The molecule has 0 bridgehead atoms. The van der Waals surface area contributed by atoms with Gasteiger partial charge in [0.25, 0.3) is 11.8 Å². The molecule has 5 nitrogen and oxygen atoms in total. The van der Waals surface area contributed by atoms with Crippen LogP contribution in [-0.4, -0.2) is 35.8 Å². The monoisotopic (exact) mass is 463 g/mol. The summed E-state index contributed by atoms with van der Waals surface area (Å²) in [4.78, 5) is 28.4. The molecule has 184 valence electrons. The molecule has 0 aromatic heterocycles. The Morgan fingerprint density at radius 2 is 1.76 bits per heavy atom. The Bertz CT molecular complexity index is 997. The molecule has 0 aliphatic heterocycles. The van der Waals surface area contributed by atoms with Crippen LogP contribution in [0.4, 0.5) is 5.69 Å². The van der Waals surface area contributed by atoms with Gasteiger partial charge in [-0.1, -0.05) is 51.5 Å². The maximum atomic E-state index is 13.6. The molecule has 1 unspecified atom stereocenters. The van der Waals surface area contributed by atoms with Crippen molar-refractivity contribution in [3.05, 3.63) is 63.8 Å². The molecule has 2 aliphatic rings. The van der Waals surface area contributed by atoms with Crippen molar-refractivity contribution >= 4 is 17.5 Å². The van der Waals surface area contributed by atoms with Crippen molar-refractivity contribution < 1.29 is 9.59 Å². The number of carbonyl (C=O) groups is 2. The molecular formula is C29H41N3O2. The van der Waals surface area contributed by atoms with E-state index in [4.69, 9.17) is 5.73 Å². The first-order valence-electron chi connectivity index (χ1n) is 13.0. The number of hydrogen-bond acceptors (Lipinski definition) is 3. The van der Waals surface area contributed by atoms with E-state index in [1.54, 1.807) is 0 Å². The number of rotatable bonds is 10. The summed E-state index contributed by atoms with van der Waals surface area (Å²) in [5, 5.41) is 3.67. The van der Waals surface area contributed by atoms with Crippen LogP contribution in [0.1, 0.15) is 97.6 Å². The summed E-state index contributed by atoms with van der Waals surface area (Å²) in [6.07, 6.45) is 16.4. The van der Waals surface area contributed by atoms with Crippen molar-refractivity contribution in [2.75, 3.05) is 18.4 Å². The highest BCUT2D eigenvalue weighted by Gasteiger charge is 2.28. The van der Waals surface area contributed by atoms with Gasteiger partial charge in [-0.2, -0.15) is 0 Å². The number of nitrogens with two attached hydrogens (primary N) is 1. The number of aryl methyl sites for hydroxylation is 1. The van der Waals surface area contributed by atoms with E-state index in [9.17, 15) is 9.59 Å². The van der Waals surface area contributed by atoms with Crippen LogP contribution in [0.2, 0.25) is 0 Å². The van der Waals surface area contributed by atoms with Gasteiger partial charge in [0, 0.05) is 18.7 Å². The summed E-state index contributed by atoms with van der Waals surface area (Å²) in [5.41, 5.74) is 12.3. The summed E-state index contributed by atoms with van der Waals surface area (Å²) < 4.78 is 0. The van der Waals surface area contributed by atoms with Gasteiger partial charge in [0.15, 0.2) is 0 Å². The zero-order valence-electron chi connectivity index (χ0n) is 21.4. The fourth-order valence-corrected chi connectivity index (χ4v) is 5.29. The van der Waals surface area contributed by atoms with E-state index in [2.05, 4.69) is 50.4 Å². The largest absolute Gasteiger partial charge is 0.374 e. The summed E-state index contributed by atoms with van der Waals surface area (Å²) in [5.74, 6) is -0.477. The van der Waals surface area contributed by atoms with Gasteiger partial charge in [0.2, 0.25) is 0 Å². The minimum Gasteiger partial charge on any atom is -0.374 e. The van der Waals surface area contributed by atoms with Gasteiger partial charge in [-0.25, -0.2) is 0 Å². The van der Waals surface area contributed by atoms with Gasteiger partial charge in [0.05, 0.1) is 17.3 Å². The maximum Gasteiger partial charge on any atom is 0.254 e. The lowest BCUT2D eigenvalue weighted by Crippen LogP contribution is -2.34. The van der Waals surface area contributed by atoms with Gasteiger partial charge in [0.1, 0.15) is 0 Å². The molecule has 3 rings (SSSR count). The third-order valence-corrected chi connectivity index (χ3v) is 6.83. The SMILES string of the molecule is CCCc1c(C(=O)N(CCC)CCC)cc(C)c(NC2C=CC=CC3=C2CCCC3)c1C(N)=O. The van der Waals surface area contributed by atoms with E-state index in [0.717, 1.165) is 48.9 Å². The normalized spacial score (nSPS) is 17.4. The van der Waals surface area contributed by atoms with E-state index in [-0.39, 0.29) is 11.9 Å². The number of benzene rings is 1. The summed E-state index contributed by atoms with van der Waals surface area (Å²) >= 11 is 0. The third kappa shape index (κ3) is 5.63. The molecule has 0 saturated heterocycles. The number of nitrogens with zero attached hydrogens (tertiary/aromatic N) is 1. The summed E-state index contributed by atoms with van der Waals surface area (Å²) in [6.45, 7) is 9.62. The number of amides is 2. The van der Waals surface area contributed by atoms with Crippen molar-refractivity contribution in [1.82, 2.24) is 4.90 Å². The first kappa shape index (κ1) is 25.8. The average Bonchev–Trinajstić information content (AvgIpc) is 3.02. The summed E-state index contributed by atoms with van der Waals surface area (Å²) in [6, 6.07) is 1.98. The van der Waals surface area contributed by atoms with Crippen LogP contribution in [0, 0.1) is 6.92 Å². The predicted molar refractivity (Wildman–Crippen MR) is 141 cm³/mol. The quantitative estimate of drug-likeness (QED) is 0.441. The Balaban J connectivity index is 2.11. The van der Waals surface area contributed by atoms with Crippen LogP contribution >= 0.6 is 0 Å². The van der Waals surface area contributed by atoms with Crippen molar-refractivity contribution in [3.63, 3.8) is 0 Å². The highest BCUT2D eigenvalue weighted by molar-refractivity contribution is 6.06. The molecule has 1 atom stereocenters. The second-order valence-corrected chi connectivity index (χ2v) is 9.50. The summed E-state index contributed by atoms with van der Waals surface area (Å²) in [7, 11) is 0. The third-order valence-electron chi connectivity index (χ3n) is 6.83. The van der Waals surface area contributed by atoms with Gasteiger partial charge in [-0.05, 0) is 80.2 Å². The highest BCUT2D eigenvalue weighted by atomic mass is 16.2. The van der Waals surface area contributed by atoms with Crippen molar-refractivity contribution in [2.45, 2.75) is 85.1 Å². The van der Waals surface area contributed by atoms with Crippen LogP contribution in [0.15, 0.2) is 41.5 Å². The molecule has 1 aromatic rings. The van der Waals surface area contributed by atoms with Crippen molar-refractivity contribution in [1.29, 1.82) is 0 Å². The van der Waals surface area contributed by atoms with Crippen molar-refractivity contribution in [3.8, 4) is 0 Å². The molecule has 0 heterocycles. The zero-order chi connectivity index (χ0) is 24.7. The molecule has 2 amide bonds. The Labute approximate surface area is 205 Å². The number of hydrogen-bond donors (Lipinski definition) is 2. The second kappa shape index (κ2) is 12.0. The second-order valence-electron chi connectivity index (χ2n) is 9.50. The number of anilines is 1. The van der Waals surface area contributed by atoms with Crippen LogP contribution < -0.4 is 11.1 Å². The average molecular weight is 464 g/mol. The minimum atomic E-state index is -0.477. The molecule has 3 N–H and O–H groups in total. The van der Waals surface area contributed by atoms with Gasteiger partial charge in [-0.3, -0.25) is 9.59 Å². The molecule has 0 saturated carbocycles. The first-order valence-corrected chi connectivity index (χ1v) is 13.0. The van der Waals surface area contributed by atoms with E-state index >= 15 is 0 Å². The molecule has 0 radical (unpaired) electrons. The Kier molecular flexibility index (Phi) is 9.14. The maximum absolute atomic E-state index is 13.6. The molecular weight excluding hydrogens is 422 g/mol. The standard InChI is InChI=1S/C29H41N3O2/c1-5-12-23-24(29(34)32(17-6-2)18-7-3)19-20(4)27(26(23)28(30)33)31-25-16-11-9-14-21-13-8-10-15-22(21)25/h9,11,14,16,19,25,31H,5-8,10,12-13,15,17-18H2,1-4H3,(H2,30,33). The van der Waals surface area contributed by atoms with E-state index in [0.29, 0.717) is 30.6 Å². The molecule has 0 spiro atoms. The van der Waals surface area contributed by atoms with Crippen LogP contribution in [-0.2, 0) is 6.42 Å². The minimum absolute atomic E-state index is 0.000127. The fourth-order valence-electron chi connectivity index (χ4n) is 5.29. The fraction of sp³-hybridized carbons (Fsp3) is 0.517. The van der Waals surface area contributed by atoms with Crippen molar-refractivity contribution in [2.24, 2.45) is 5.73 Å². The van der Waals surface area contributed by atoms with E-state index in [1.807, 2.05) is 17.9 Å². The number of nitrogens with one attached hydrogen (secondary N) is 1. The number of carbonyl (C=O) groups excluding carboxylic acids is 2. The Morgan fingerprint density at radius 3 is 2.41 bits per heavy atom. The Morgan fingerprint density at radius 1 is 1.06 bits per heavy atom. The predicted octanol–water partition coefficient (Wildman–Crippen LogP) is 6.09. The lowest BCUT2D eigenvalue weighted by Gasteiger charge is -2.29. The lowest BCUT2D eigenvalue weighted by molar-refractivity contribution is 0.0754. The first-order chi connectivity index (χ1) is 16.4. The highest BCUT2D eigenvalue weighted by Crippen LogP contribution is 2.35. The molecule has 5 heteroatoms. The Hall–Kier alpha value is -2.82. The van der Waals surface area contributed by atoms with Gasteiger partial charge >= 0.3 is 0 Å². The molecule has 0 fully saturated rings. The van der Waals surface area contributed by atoms with E-state index in [1.165, 1.54) is 24.0 Å². The molecule has 1 aromatic carbocycles. The zero-order valence-corrected chi connectivity index (χ0v) is 21.4. The van der Waals surface area contributed by atoms with Crippen LogP contribution in [0.3, 0.4) is 0 Å². The van der Waals surface area contributed by atoms with E-state index < -0.39 is 5.91 Å². The molecule has 2 aliphatic carbocycles.